The second kappa shape index (κ2) is 6.29. The molecule has 0 spiro atoms. The number of benzene rings is 2. The first-order chi connectivity index (χ1) is 10.0. The molecule has 5 nitrogen and oxygen atoms in total. The summed E-state index contributed by atoms with van der Waals surface area (Å²) in [5, 5.41) is 18.3. The molecule has 1 N–H and O–H groups in total. The fraction of sp³-hybridized carbons (Fsp3) is 0.0667. The molecule has 0 aliphatic rings. The smallest absolute Gasteiger partial charge is 0.339 e. The van der Waals surface area contributed by atoms with Crippen LogP contribution in [-0.2, 0) is 0 Å². The van der Waals surface area contributed by atoms with Crippen molar-refractivity contribution in [1.29, 1.82) is 5.26 Å². The van der Waals surface area contributed by atoms with E-state index in [2.05, 4.69) is 15.9 Å². The molecule has 6 heteroatoms. The van der Waals surface area contributed by atoms with E-state index >= 15 is 0 Å². The van der Waals surface area contributed by atoms with Gasteiger partial charge in [0.05, 0.1) is 12.7 Å². The van der Waals surface area contributed by atoms with Gasteiger partial charge in [0.2, 0.25) is 0 Å². The number of hydrogen-bond acceptors (Lipinski definition) is 4. The minimum absolute atomic E-state index is 0.0115. The summed E-state index contributed by atoms with van der Waals surface area (Å²) in [4.78, 5) is 11.2. The highest BCUT2D eigenvalue weighted by Crippen LogP contribution is 2.32. The normalized spacial score (nSPS) is 9.76. The molecular formula is C15H10BrNO4. The van der Waals surface area contributed by atoms with Crippen molar-refractivity contribution in [1.82, 2.24) is 0 Å². The van der Waals surface area contributed by atoms with E-state index in [0.29, 0.717) is 11.3 Å². The molecule has 2 rings (SSSR count). The fourth-order valence-corrected chi connectivity index (χ4v) is 2.05. The highest BCUT2D eigenvalue weighted by atomic mass is 79.9. The lowest BCUT2D eigenvalue weighted by Gasteiger charge is -2.11. The molecule has 106 valence electrons. The monoisotopic (exact) mass is 347 g/mol. The van der Waals surface area contributed by atoms with Crippen molar-refractivity contribution < 1.29 is 19.4 Å². The van der Waals surface area contributed by atoms with Crippen molar-refractivity contribution >= 4 is 21.9 Å². The molecule has 0 bridgehead atoms. The zero-order chi connectivity index (χ0) is 15.4. The van der Waals surface area contributed by atoms with Gasteiger partial charge in [-0.2, -0.15) is 5.26 Å². The van der Waals surface area contributed by atoms with Gasteiger partial charge in [-0.1, -0.05) is 15.9 Å². The minimum atomic E-state index is -1.12. The number of carboxylic acid groups (broad SMARTS) is 1. The first-order valence-electron chi connectivity index (χ1n) is 5.84. The van der Waals surface area contributed by atoms with Crippen LogP contribution in [0.5, 0.6) is 17.2 Å². The molecule has 2 aromatic carbocycles. The van der Waals surface area contributed by atoms with Gasteiger partial charge >= 0.3 is 5.97 Å². The van der Waals surface area contributed by atoms with Gasteiger partial charge in [0, 0.05) is 10.5 Å². The second-order valence-electron chi connectivity index (χ2n) is 4.02. The predicted molar refractivity (Wildman–Crippen MR) is 78.9 cm³/mol. The van der Waals surface area contributed by atoms with Crippen LogP contribution in [0.25, 0.3) is 0 Å². The number of carbonyl (C=O) groups is 1. The molecule has 0 saturated carbocycles. The Balaban J connectivity index is 2.48. The van der Waals surface area contributed by atoms with Crippen molar-refractivity contribution in [3.8, 4) is 23.3 Å². The highest BCUT2D eigenvalue weighted by molar-refractivity contribution is 9.10. The van der Waals surface area contributed by atoms with E-state index < -0.39 is 5.97 Å². The number of nitriles is 1. The lowest BCUT2D eigenvalue weighted by molar-refractivity contribution is 0.0694. The second-order valence-corrected chi connectivity index (χ2v) is 4.94. The molecule has 0 aliphatic carbocycles. The Morgan fingerprint density at radius 2 is 2.00 bits per heavy atom. The lowest BCUT2D eigenvalue weighted by Crippen LogP contribution is -2.01. The fourth-order valence-electron chi connectivity index (χ4n) is 1.69. The molecular weight excluding hydrogens is 338 g/mol. The number of ether oxygens (including phenoxy) is 2. The first kappa shape index (κ1) is 14.9. The van der Waals surface area contributed by atoms with E-state index in [9.17, 15) is 9.90 Å². The number of nitrogens with zero attached hydrogens (tertiary/aromatic N) is 1. The summed E-state index contributed by atoms with van der Waals surface area (Å²) >= 11 is 3.26. The third-order valence-electron chi connectivity index (χ3n) is 2.70. The van der Waals surface area contributed by atoms with Crippen LogP contribution in [0.2, 0.25) is 0 Å². The Morgan fingerprint density at radius 3 is 2.62 bits per heavy atom. The largest absolute Gasteiger partial charge is 0.497 e. The number of methoxy groups -OCH3 is 1. The van der Waals surface area contributed by atoms with Crippen LogP contribution in [0.3, 0.4) is 0 Å². The van der Waals surface area contributed by atoms with Gasteiger partial charge < -0.3 is 14.6 Å². The topological polar surface area (TPSA) is 79.6 Å². The summed E-state index contributed by atoms with van der Waals surface area (Å²) in [6.07, 6.45) is 0. The van der Waals surface area contributed by atoms with Gasteiger partial charge in [-0.05, 0) is 30.3 Å². The van der Waals surface area contributed by atoms with Crippen LogP contribution in [0.15, 0.2) is 40.9 Å². The van der Waals surface area contributed by atoms with Gasteiger partial charge in [0.1, 0.15) is 28.9 Å². The average Bonchev–Trinajstić information content (AvgIpc) is 2.48. The summed E-state index contributed by atoms with van der Waals surface area (Å²) in [6, 6.07) is 11.3. The summed E-state index contributed by atoms with van der Waals surface area (Å²) in [6.45, 7) is 0. The average molecular weight is 348 g/mol. The zero-order valence-corrected chi connectivity index (χ0v) is 12.5. The zero-order valence-electron chi connectivity index (χ0n) is 11.0. The molecule has 0 unspecified atom stereocenters. The number of halogens is 1. The number of hydrogen-bond donors (Lipinski definition) is 1. The van der Waals surface area contributed by atoms with E-state index in [1.165, 1.54) is 25.3 Å². The van der Waals surface area contributed by atoms with Crippen molar-refractivity contribution in [3.05, 3.63) is 52.0 Å². The molecule has 0 fully saturated rings. The maximum absolute atomic E-state index is 11.2. The van der Waals surface area contributed by atoms with Crippen LogP contribution < -0.4 is 9.47 Å². The van der Waals surface area contributed by atoms with Crippen molar-refractivity contribution in [2.24, 2.45) is 0 Å². The van der Waals surface area contributed by atoms with Crippen LogP contribution in [0.4, 0.5) is 0 Å². The number of rotatable bonds is 4. The van der Waals surface area contributed by atoms with Gasteiger partial charge in [-0.25, -0.2) is 4.79 Å². The molecule has 0 atom stereocenters. The standard InChI is InChI=1S/C15H10BrNO4/c1-20-11-3-4-12(15(18)19)14(7-11)21-13-5-2-10(16)6-9(13)8-17/h2-7H,1H3,(H,18,19). The molecule has 2 aromatic rings. The van der Waals surface area contributed by atoms with E-state index in [-0.39, 0.29) is 17.1 Å². The summed E-state index contributed by atoms with van der Waals surface area (Å²) in [5.74, 6) is -0.272. The van der Waals surface area contributed by atoms with Gasteiger partial charge in [-0.3, -0.25) is 0 Å². The quantitative estimate of drug-likeness (QED) is 0.909. The third kappa shape index (κ3) is 3.33. The Morgan fingerprint density at radius 1 is 1.24 bits per heavy atom. The van der Waals surface area contributed by atoms with Crippen LogP contribution in [0.1, 0.15) is 15.9 Å². The Labute approximate surface area is 129 Å². The predicted octanol–water partition coefficient (Wildman–Crippen LogP) is 3.82. The first-order valence-corrected chi connectivity index (χ1v) is 6.63. The summed E-state index contributed by atoms with van der Waals surface area (Å²) in [7, 11) is 1.47. The van der Waals surface area contributed by atoms with Crippen LogP contribution in [0, 0.1) is 11.3 Å². The van der Waals surface area contributed by atoms with Gasteiger partial charge in [-0.15, -0.1) is 0 Å². The van der Waals surface area contributed by atoms with E-state index in [4.69, 9.17) is 14.7 Å². The molecule has 0 saturated heterocycles. The molecule has 0 aliphatic heterocycles. The van der Waals surface area contributed by atoms with Gasteiger partial charge in [0.15, 0.2) is 0 Å². The van der Waals surface area contributed by atoms with Crippen molar-refractivity contribution in [3.63, 3.8) is 0 Å². The number of aromatic carboxylic acids is 1. The Hall–Kier alpha value is -2.52. The van der Waals surface area contributed by atoms with E-state index in [1.54, 1.807) is 18.2 Å². The molecule has 21 heavy (non-hydrogen) atoms. The Bertz CT molecular complexity index is 737. The van der Waals surface area contributed by atoms with Crippen LogP contribution >= 0.6 is 15.9 Å². The highest BCUT2D eigenvalue weighted by Gasteiger charge is 2.15. The van der Waals surface area contributed by atoms with Crippen LogP contribution in [-0.4, -0.2) is 18.2 Å². The molecule has 0 aromatic heterocycles. The van der Waals surface area contributed by atoms with E-state index in [1.807, 2.05) is 6.07 Å². The molecule has 0 heterocycles. The Kier molecular flexibility index (Phi) is 4.45. The third-order valence-corrected chi connectivity index (χ3v) is 3.19. The number of carboxylic acids is 1. The van der Waals surface area contributed by atoms with Crippen molar-refractivity contribution in [2.75, 3.05) is 7.11 Å². The minimum Gasteiger partial charge on any atom is -0.497 e. The maximum Gasteiger partial charge on any atom is 0.339 e. The summed E-state index contributed by atoms with van der Waals surface area (Å²) < 4.78 is 11.4. The maximum atomic E-state index is 11.2. The van der Waals surface area contributed by atoms with Gasteiger partial charge in [0.25, 0.3) is 0 Å². The SMILES string of the molecule is COc1ccc(C(=O)O)c(Oc2ccc(Br)cc2C#N)c1. The lowest BCUT2D eigenvalue weighted by atomic mass is 10.2. The van der Waals surface area contributed by atoms with Crippen molar-refractivity contribution in [2.45, 2.75) is 0 Å². The van der Waals surface area contributed by atoms with E-state index in [0.717, 1.165) is 4.47 Å². The molecule has 0 radical (unpaired) electrons. The molecule has 0 amide bonds. The summed E-state index contributed by atoms with van der Waals surface area (Å²) in [5.41, 5.74) is 0.283.